The molecule has 1 amide bonds. The molecule has 0 saturated carbocycles. The Balaban J connectivity index is 2.20. The van der Waals surface area contributed by atoms with Gasteiger partial charge in [0.1, 0.15) is 11.5 Å². The second-order valence-corrected chi connectivity index (χ2v) is 7.51. The summed E-state index contributed by atoms with van der Waals surface area (Å²) in [5.41, 5.74) is -4.54. The number of nitrogens with two attached hydrogens (primary N) is 1. The van der Waals surface area contributed by atoms with E-state index in [2.05, 4.69) is 0 Å². The smallest absolute Gasteiger partial charge is 0.411 e. The van der Waals surface area contributed by atoms with E-state index in [-0.39, 0.29) is 11.6 Å². The molecule has 0 aliphatic heterocycles. The van der Waals surface area contributed by atoms with Crippen LogP contribution in [0.1, 0.15) is 21.5 Å². The van der Waals surface area contributed by atoms with Gasteiger partial charge in [0.15, 0.2) is 0 Å². The number of nitrogens with zero attached hydrogens (tertiary/aromatic N) is 1. The molecular weight excluding hydrogens is 500 g/mol. The normalized spacial score (nSPS) is 12.3. The number of hydrogen-bond donors (Lipinski definition) is 4. The fraction of sp³-hybridized carbons (Fsp3) is 0.136. The van der Waals surface area contributed by atoms with Gasteiger partial charge >= 0.3 is 12.4 Å². The molecule has 0 radical (unpaired) electrons. The molecule has 0 bridgehead atoms. The highest BCUT2D eigenvalue weighted by Crippen LogP contribution is 2.57. The number of halogens is 6. The highest BCUT2D eigenvalue weighted by Gasteiger charge is 2.72. The number of phenols is 2. The number of non-ortho nitro benzene ring substituents is 1. The van der Waals surface area contributed by atoms with Crippen molar-refractivity contribution < 1.29 is 46.3 Å². The second-order valence-electron chi connectivity index (χ2n) is 7.51. The van der Waals surface area contributed by atoms with E-state index >= 15 is 0 Å². The molecule has 36 heavy (non-hydrogen) atoms. The number of amides is 1. The monoisotopic (exact) mass is 515 g/mol. The molecule has 0 unspecified atom stereocenters. The number of carbonyl (C=O) groups excluding carboxylic acids is 1. The number of benzene rings is 3. The Morgan fingerprint density at radius 1 is 0.861 bits per heavy atom. The Hall–Kier alpha value is -4.49. The lowest BCUT2D eigenvalue weighted by molar-refractivity contribution is -0.384. The van der Waals surface area contributed by atoms with Crippen molar-refractivity contribution in [1.29, 1.82) is 0 Å². The van der Waals surface area contributed by atoms with Gasteiger partial charge in [0, 0.05) is 17.7 Å². The number of nitrogen functional groups attached to an aromatic ring is 1. The van der Waals surface area contributed by atoms with Crippen molar-refractivity contribution in [1.82, 2.24) is 0 Å². The minimum atomic E-state index is -6.01. The lowest BCUT2D eigenvalue weighted by Gasteiger charge is -2.38. The maximum atomic E-state index is 14.3. The van der Waals surface area contributed by atoms with Crippen molar-refractivity contribution in [3.05, 3.63) is 87.5 Å². The second kappa shape index (κ2) is 8.94. The summed E-state index contributed by atoms with van der Waals surface area (Å²) in [6.45, 7) is 0. The predicted molar refractivity (Wildman–Crippen MR) is 115 cm³/mol. The van der Waals surface area contributed by atoms with Crippen molar-refractivity contribution in [2.45, 2.75) is 17.8 Å². The quantitative estimate of drug-likeness (QED) is 0.120. The van der Waals surface area contributed by atoms with Gasteiger partial charge < -0.3 is 21.3 Å². The van der Waals surface area contributed by atoms with Crippen LogP contribution in [0.5, 0.6) is 11.5 Å². The predicted octanol–water partition coefficient (Wildman–Crippen LogP) is 5.25. The first-order valence-electron chi connectivity index (χ1n) is 9.71. The Morgan fingerprint density at radius 2 is 1.42 bits per heavy atom. The van der Waals surface area contributed by atoms with Crippen LogP contribution in [0.25, 0.3) is 0 Å². The maximum absolute atomic E-state index is 14.3. The number of nitro groups is 1. The first kappa shape index (κ1) is 26.1. The van der Waals surface area contributed by atoms with E-state index in [9.17, 15) is 51.5 Å². The highest BCUT2D eigenvalue weighted by molar-refractivity contribution is 6.05. The number of rotatable bonds is 5. The number of nitrogens with one attached hydrogen (secondary N) is 1. The first-order chi connectivity index (χ1) is 16.6. The van der Waals surface area contributed by atoms with Crippen LogP contribution in [0.3, 0.4) is 0 Å². The molecule has 5 N–H and O–H groups in total. The molecule has 0 aliphatic carbocycles. The number of alkyl halides is 6. The van der Waals surface area contributed by atoms with E-state index in [4.69, 9.17) is 5.73 Å². The van der Waals surface area contributed by atoms with Crippen LogP contribution in [0, 0.1) is 10.1 Å². The van der Waals surface area contributed by atoms with Gasteiger partial charge in [-0.2, -0.15) is 26.3 Å². The van der Waals surface area contributed by atoms with Gasteiger partial charge in [-0.15, -0.1) is 0 Å². The van der Waals surface area contributed by atoms with Crippen LogP contribution in [-0.2, 0) is 5.41 Å². The van der Waals surface area contributed by atoms with Crippen LogP contribution in [0.15, 0.2) is 60.7 Å². The van der Waals surface area contributed by atoms with Crippen molar-refractivity contribution >= 4 is 23.0 Å². The van der Waals surface area contributed by atoms with Gasteiger partial charge in [0.05, 0.1) is 16.3 Å². The summed E-state index contributed by atoms with van der Waals surface area (Å²) in [6, 6.07) is 6.61. The molecule has 0 spiro atoms. The minimum absolute atomic E-state index is 0.286. The molecular formula is C22H15F6N3O5. The summed E-state index contributed by atoms with van der Waals surface area (Å²) >= 11 is 0. The van der Waals surface area contributed by atoms with Gasteiger partial charge in [0.2, 0.25) is 5.41 Å². The summed E-state index contributed by atoms with van der Waals surface area (Å²) in [6.07, 6.45) is -12.0. The fourth-order valence-corrected chi connectivity index (χ4v) is 3.59. The third kappa shape index (κ3) is 4.44. The zero-order valence-electron chi connectivity index (χ0n) is 17.7. The number of phenolic OH excluding ortho intramolecular Hbond substituents is 2. The van der Waals surface area contributed by atoms with Crippen LogP contribution >= 0.6 is 0 Å². The molecule has 3 aromatic rings. The molecule has 3 rings (SSSR count). The zero-order chi connectivity index (χ0) is 27.1. The molecule has 0 aliphatic rings. The lowest BCUT2D eigenvalue weighted by Crippen LogP contribution is -2.54. The van der Waals surface area contributed by atoms with E-state index < -0.39 is 68.3 Å². The molecule has 0 aromatic heterocycles. The topological polar surface area (TPSA) is 139 Å². The minimum Gasteiger partial charge on any atom is -0.506 e. The largest absolute Gasteiger partial charge is 0.506 e. The third-order valence-corrected chi connectivity index (χ3v) is 5.31. The zero-order valence-corrected chi connectivity index (χ0v) is 17.7. The molecule has 8 nitrogen and oxygen atoms in total. The van der Waals surface area contributed by atoms with Gasteiger partial charge in [0.25, 0.3) is 11.6 Å². The first-order valence-corrected chi connectivity index (χ1v) is 9.71. The van der Waals surface area contributed by atoms with Gasteiger partial charge in [-0.3, -0.25) is 14.9 Å². The van der Waals surface area contributed by atoms with E-state index in [0.717, 1.165) is 24.3 Å². The Kier molecular flexibility index (Phi) is 6.49. The number of carbonyl (C=O) groups is 1. The fourth-order valence-electron chi connectivity index (χ4n) is 3.59. The Bertz CT molecular complexity index is 1330. The molecule has 190 valence electrons. The van der Waals surface area contributed by atoms with Crippen LogP contribution in [-0.4, -0.2) is 33.4 Å². The lowest BCUT2D eigenvalue weighted by atomic mass is 9.72. The van der Waals surface area contributed by atoms with Gasteiger partial charge in [-0.05, 0) is 41.5 Å². The van der Waals surface area contributed by atoms with E-state index in [1.807, 2.05) is 5.32 Å². The third-order valence-electron chi connectivity index (χ3n) is 5.31. The Morgan fingerprint density at radius 3 is 1.94 bits per heavy atom. The molecule has 0 heterocycles. The summed E-state index contributed by atoms with van der Waals surface area (Å²) in [7, 11) is 0. The maximum Gasteiger partial charge on any atom is 0.411 e. The number of hydrogen-bond acceptors (Lipinski definition) is 6. The summed E-state index contributed by atoms with van der Waals surface area (Å²) in [5, 5.41) is 32.5. The van der Waals surface area contributed by atoms with Crippen molar-refractivity contribution in [2.24, 2.45) is 0 Å². The van der Waals surface area contributed by atoms with E-state index in [0.29, 0.717) is 30.3 Å². The SMILES string of the molecule is Nc1cc(C(c2ccc(O)c(NC(=O)c3cccc([N+](=O)[O-])c3)c2)(C(F)(F)F)C(F)(F)F)ccc1O. The summed E-state index contributed by atoms with van der Waals surface area (Å²) in [4.78, 5) is 22.6. The number of aromatic hydroxyl groups is 2. The van der Waals surface area contributed by atoms with Crippen LogP contribution < -0.4 is 11.1 Å². The molecule has 14 heteroatoms. The summed E-state index contributed by atoms with van der Waals surface area (Å²) in [5.74, 6) is -2.77. The molecule has 0 atom stereocenters. The average Bonchev–Trinajstić information content (AvgIpc) is 2.76. The van der Waals surface area contributed by atoms with Gasteiger partial charge in [-0.1, -0.05) is 18.2 Å². The number of nitro benzene ring substituents is 1. The standard InChI is InChI=1S/C22H15F6N3O5/c23-21(24,25)20(22(26,27)28,12-4-6-17(32)15(29)9-12)13-5-7-18(33)16(10-13)30-19(34)11-2-1-3-14(8-11)31(35)36/h1-10,32-33H,29H2,(H,30,34). The highest BCUT2D eigenvalue weighted by atomic mass is 19.4. The van der Waals surface area contributed by atoms with E-state index in [1.165, 1.54) is 0 Å². The molecule has 3 aromatic carbocycles. The molecule has 0 saturated heterocycles. The number of anilines is 2. The van der Waals surface area contributed by atoms with Crippen molar-refractivity contribution in [3.8, 4) is 11.5 Å². The molecule has 0 fully saturated rings. The van der Waals surface area contributed by atoms with Gasteiger partial charge in [-0.25, -0.2) is 0 Å². The Labute approximate surface area is 197 Å². The van der Waals surface area contributed by atoms with Crippen LogP contribution in [0.4, 0.5) is 43.4 Å². The van der Waals surface area contributed by atoms with Crippen molar-refractivity contribution in [3.63, 3.8) is 0 Å². The summed E-state index contributed by atoms with van der Waals surface area (Å²) < 4.78 is 85.9. The van der Waals surface area contributed by atoms with E-state index in [1.54, 1.807) is 0 Å². The van der Waals surface area contributed by atoms with Crippen molar-refractivity contribution in [2.75, 3.05) is 11.1 Å². The average molecular weight is 515 g/mol. The van der Waals surface area contributed by atoms with Crippen LogP contribution in [0.2, 0.25) is 0 Å².